The lowest BCUT2D eigenvalue weighted by molar-refractivity contribution is -0.133. The summed E-state index contributed by atoms with van der Waals surface area (Å²) in [6.07, 6.45) is 0.935. The maximum Gasteiger partial charge on any atom is 0.240 e. The molecule has 6 nitrogen and oxygen atoms in total. The van der Waals surface area contributed by atoms with Gasteiger partial charge in [-0.2, -0.15) is 5.10 Å². The second-order valence-corrected chi connectivity index (χ2v) is 8.68. The molecule has 2 aliphatic rings. The molecule has 1 atom stereocenters. The van der Waals surface area contributed by atoms with Crippen LogP contribution in [0, 0.1) is 0 Å². The van der Waals surface area contributed by atoms with E-state index in [-0.39, 0.29) is 17.4 Å². The van der Waals surface area contributed by atoms with Crippen molar-refractivity contribution >= 4 is 11.7 Å². The summed E-state index contributed by atoms with van der Waals surface area (Å²) in [5.74, 6) is 1.21. The van der Waals surface area contributed by atoms with Crippen molar-refractivity contribution in [1.29, 1.82) is 0 Å². The van der Waals surface area contributed by atoms with Crippen molar-refractivity contribution < 1.29 is 4.79 Å². The Hall–Kier alpha value is -1.69. The number of likely N-dealkylation sites (tertiary alicyclic amines) is 1. The predicted molar refractivity (Wildman–Crippen MR) is 99.8 cm³/mol. The summed E-state index contributed by atoms with van der Waals surface area (Å²) in [5.41, 5.74) is 1.03. The van der Waals surface area contributed by atoms with E-state index < -0.39 is 0 Å². The van der Waals surface area contributed by atoms with Gasteiger partial charge < -0.3 is 9.80 Å². The van der Waals surface area contributed by atoms with Crippen LogP contribution in [0.25, 0.3) is 0 Å². The quantitative estimate of drug-likeness (QED) is 0.834. The molecule has 2 fully saturated rings. The summed E-state index contributed by atoms with van der Waals surface area (Å²) in [6.45, 7) is 13.3. The fraction of sp³-hybridized carbons (Fsp3) is 0.737. The van der Waals surface area contributed by atoms with Crippen LogP contribution >= 0.6 is 0 Å². The second-order valence-electron chi connectivity index (χ2n) is 8.68. The Bertz CT molecular complexity index is 616. The summed E-state index contributed by atoms with van der Waals surface area (Å²) in [5, 5.41) is 8.77. The maximum absolute atomic E-state index is 12.6. The molecule has 1 amide bonds. The van der Waals surface area contributed by atoms with Gasteiger partial charge in [0.15, 0.2) is 5.82 Å². The Morgan fingerprint density at radius 1 is 1.20 bits per heavy atom. The van der Waals surface area contributed by atoms with Crippen LogP contribution in [0.1, 0.15) is 46.7 Å². The van der Waals surface area contributed by atoms with Gasteiger partial charge in [-0.1, -0.05) is 20.8 Å². The molecule has 0 saturated carbocycles. The van der Waals surface area contributed by atoms with Crippen molar-refractivity contribution in [2.24, 2.45) is 0 Å². The van der Waals surface area contributed by atoms with Crippen molar-refractivity contribution in [3.05, 3.63) is 17.8 Å². The van der Waals surface area contributed by atoms with Gasteiger partial charge in [-0.25, -0.2) is 0 Å². The van der Waals surface area contributed by atoms with Crippen molar-refractivity contribution in [2.75, 3.05) is 31.6 Å². The van der Waals surface area contributed by atoms with Gasteiger partial charge in [0.25, 0.3) is 0 Å². The van der Waals surface area contributed by atoms with Crippen LogP contribution < -0.4 is 4.90 Å². The van der Waals surface area contributed by atoms with Crippen molar-refractivity contribution in [2.45, 2.75) is 64.6 Å². The van der Waals surface area contributed by atoms with Crippen LogP contribution in [0.4, 0.5) is 5.82 Å². The largest absolute Gasteiger partial charge is 0.352 e. The van der Waals surface area contributed by atoms with Gasteiger partial charge in [-0.05, 0) is 39.4 Å². The van der Waals surface area contributed by atoms with Crippen LogP contribution in [0.15, 0.2) is 12.1 Å². The number of hydrogen-bond acceptors (Lipinski definition) is 5. The van der Waals surface area contributed by atoms with Gasteiger partial charge in [0.2, 0.25) is 5.91 Å². The minimum absolute atomic E-state index is 0.0222. The number of hydrogen-bond donors (Lipinski definition) is 0. The van der Waals surface area contributed by atoms with Crippen LogP contribution in [0.2, 0.25) is 0 Å². The fourth-order valence-electron chi connectivity index (χ4n) is 3.63. The van der Waals surface area contributed by atoms with Crippen LogP contribution in [0.3, 0.4) is 0 Å². The molecular weight excluding hydrogens is 314 g/mol. The number of carbonyl (C=O) groups is 1. The number of nitrogens with zero attached hydrogens (tertiary/aromatic N) is 5. The number of amides is 1. The highest BCUT2D eigenvalue weighted by Gasteiger charge is 2.41. The highest BCUT2D eigenvalue weighted by molar-refractivity contribution is 5.84. The smallest absolute Gasteiger partial charge is 0.240 e. The summed E-state index contributed by atoms with van der Waals surface area (Å²) >= 11 is 0. The molecule has 2 aliphatic heterocycles. The lowest BCUT2D eigenvalue weighted by Gasteiger charge is -2.46. The second kappa shape index (κ2) is 6.56. The third kappa shape index (κ3) is 3.50. The van der Waals surface area contributed by atoms with E-state index >= 15 is 0 Å². The Labute approximate surface area is 151 Å². The highest BCUT2D eigenvalue weighted by atomic mass is 16.2. The number of likely N-dealkylation sites (N-methyl/N-ethyl adjacent to an activating group) is 1. The monoisotopic (exact) mass is 345 g/mol. The zero-order chi connectivity index (χ0) is 18.4. The summed E-state index contributed by atoms with van der Waals surface area (Å²) < 4.78 is 0. The van der Waals surface area contributed by atoms with E-state index in [0.717, 1.165) is 37.6 Å². The molecule has 3 rings (SSSR count). The molecule has 1 aromatic rings. The number of aromatic nitrogens is 2. The zero-order valence-electron chi connectivity index (χ0n) is 16.4. The molecule has 25 heavy (non-hydrogen) atoms. The minimum atomic E-state index is 0.0222. The first kappa shape index (κ1) is 18.1. The van der Waals surface area contributed by atoms with E-state index in [4.69, 9.17) is 0 Å². The average Bonchev–Trinajstić information content (AvgIpc) is 2.87. The first-order valence-electron chi connectivity index (χ1n) is 9.30. The maximum atomic E-state index is 12.6. The number of anilines is 1. The predicted octanol–water partition coefficient (Wildman–Crippen LogP) is 1.90. The molecule has 2 saturated heterocycles. The van der Waals surface area contributed by atoms with E-state index in [1.807, 2.05) is 4.90 Å². The molecule has 1 aromatic heterocycles. The molecule has 1 unspecified atom stereocenters. The lowest BCUT2D eigenvalue weighted by atomic mass is 9.92. The molecule has 0 spiro atoms. The molecule has 0 aliphatic carbocycles. The van der Waals surface area contributed by atoms with Crippen LogP contribution in [0.5, 0.6) is 0 Å². The molecule has 6 heteroatoms. The van der Waals surface area contributed by atoms with E-state index in [2.05, 4.69) is 73.8 Å². The Kier molecular flexibility index (Phi) is 4.75. The zero-order valence-corrected chi connectivity index (χ0v) is 16.4. The SMILES string of the molecule is CC(C)N1CCC(N(C)C2CN(c3ccc(C(C)(C)C)nn3)C2)C1=O. The van der Waals surface area contributed by atoms with Gasteiger partial charge in [-0.3, -0.25) is 9.69 Å². The summed E-state index contributed by atoms with van der Waals surface area (Å²) in [6, 6.07) is 4.86. The third-order valence-electron chi connectivity index (χ3n) is 5.51. The van der Waals surface area contributed by atoms with E-state index in [9.17, 15) is 4.79 Å². The first-order chi connectivity index (χ1) is 11.7. The van der Waals surface area contributed by atoms with Crippen molar-refractivity contribution in [1.82, 2.24) is 20.0 Å². The van der Waals surface area contributed by atoms with Crippen molar-refractivity contribution in [3.8, 4) is 0 Å². The van der Waals surface area contributed by atoms with Crippen LogP contribution in [-0.4, -0.2) is 70.7 Å². The first-order valence-corrected chi connectivity index (χ1v) is 9.30. The van der Waals surface area contributed by atoms with Gasteiger partial charge in [0, 0.05) is 37.1 Å². The molecule has 0 N–H and O–H groups in total. The van der Waals surface area contributed by atoms with E-state index in [1.54, 1.807) is 0 Å². The van der Waals surface area contributed by atoms with Gasteiger partial charge in [0.05, 0.1) is 11.7 Å². The third-order valence-corrected chi connectivity index (χ3v) is 5.51. The summed E-state index contributed by atoms with van der Waals surface area (Å²) in [4.78, 5) is 19.1. The normalized spacial score (nSPS) is 22.2. The molecule has 3 heterocycles. The molecule has 0 radical (unpaired) electrons. The number of carbonyl (C=O) groups excluding carboxylic acids is 1. The molecular formula is C19H31N5O. The van der Waals surface area contributed by atoms with Crippen LogP contribution in [-0.2, 0) is 10.2 Å². The van der Waals surface area contributed by atoms with E-state index in [0.29, 0.717) is 12.1 Å². The molecule has 0 bridgehead atoms. The summed E-state index contributed by atoms with van der Waals surface area (Å²) in [7, 11) is 2.09. The van der Waals surface area contributed by atoms with E-state index in [1.165, 1.54) is 0 Å². The van der Waals surface area contributed by atoms with Gasteiger partial charge in [0.1, 0.15) is 0 Å². The van der Waals surface area contributed by atoms with Gasteiger partial charge in [-0.15, -0.1) is 5.10 Å². The molecule has 138 valence electrons. The number of rotatable bonds is 4. The Morgan fingerprint density at radius 2 is 1.88 bits per heavy atom. The minimum Gasteiger partial charge on any atom is -0.352 e. The lowest BCUT2D eigenvalue weighted by Crippen LogP contribution is -2.62. The van der Waals surface area contributed by atoms with Crippen molar-refractivity contribution in [3.63, 3.8) is 0 Å². The standard InChI is InChI=1S/C19H31N5O/c1-13(2)24-10-9-15(18(24)25)22(6)14-11-23(12-14)17-8-7-16(20-21-17)19(3,4)5/h7-8,13-15H,9-12H2,1-6H3. The highest BCUT2D eigenvalue weighted by Crippen LogP contribution is 2.27. The molecule has 0 aromatic carbocycles. The average molecular weight is 345 g/mol. The Balaban J connectivity index is 1.56. The topological polar surface area (TPSA) is 52.6 Å². The fourth-order valence-corrected chi connectivity index (χ4v) is 3.63. The van der Waals surface area contributed by atoms with Gasteiger partial charge >= 0.3 is 0 Å². The Morgan fingerprint density at radius 3 is 2.36 bits per heavy atom.